The number of hydrogen-bond donors (Lipinski definition) is 1. The number of carbonyl (C=O) groups is 1. The molecule has 0 aliphatic carbocycles. The lowest BCUT2D eigenvalue weighted by Gasteiger charge is -2.05. The van der Waals surface area contributed by atoms with Gasteiger partial charge < -0.3 is 5.32 Å². The van der Waals surface area contributed by atoms with Crippen LogP contribution in [0.4, 0.5) is 11.5 Å². The van der Waals surface area contributed by atoms with Gasteiger partial charge in [-0.3, -0.25) is 19.6 Å². The van der Waals surface area contributed by atoms with Crippen LogP contribution in [0.25, 0.3) is 0 Å². The molecular weight excluding hydrogens is 288 g/mol. The molecule has 0 saturated carbocycles. The van der Waals surface area contributed by atoms with E-state index in [0.717, 1.165) is 0 Å². The Labute approximate surface area is 117 Å². The lowest BCUT2D eigenvalue weighted by atomic mass is 10.3. The highest BCUT2D eigenvalue weighted by Crippen LogP contribution is 2.23. The van der Waals surface area contributed by atoms with Crippen LogP contribution in [-0.4, -0.2) is 30.6 Å². The molecule has 9 nitrogen and oxygen atoms in total. The monoisotopic (exact) mass is 296 g/mol. The topological polar surface area (TPSA) is 116 Å². The number of nitro groups is 1. The van der Waals surface area contributed by atoms with Crippen molar-refractivity contribution in [3.8, 4) is 0 Å². The molecule has 0 aromatic carbocycles. The van der Waals surface area contributed by atoms with Gasteiger partial charge in [-0.25, -0.2) is 9.97 Å². The predicted molar refractivity (Wildman–Crippen MR) is 69.2 cm³/mol. The molecule has 2 rings (SSSR count). The third-order valence-electron chi connectivity index (χ3n) is 2.33. The summed E-state index contributed by atoms with van der Waals surface area (Å²) in [5.41, 5.74) is -0.316. The predicted octanol–water partition coefficient (Wildman–Crippen LogP) is 1.26. The molecule has 1 N–H and O–H groups in total. The van der Waals surface area contributed by atoms with E-state index < -0.39 is 10.8 Å². The van der Waals surface area contributed by atoms with Crippen molar-refractivity contribution >= 4 is 29.0 Å². The Morgan fingerprint density at radius 1 is 1.50 bits per heavy atom. The lowest BCUT2D eigenvalue weighted by molar-refractivity contribution is -0.384. The lowest BCUT2D eigenvalue weighted by Crippen LogP contribution is -2.16. The summed E-state index contributed by atoms with van der Waals surface area (Å²) in [6.45, 7) is 0.306. The van der Waals surface area contributed by atoms with Crippen LogP contribution in [0.15, 0.2) is 24.8 Å². The van der Waals surface area contributed by atoms with E-state index in [1.807, 2.05) is 0 Å². The maximum atomic E-state index is 11.7. The summed E-state index contributed by atoms with van der Waals surface area (Å²) in [5, 5.41) is 17.1. The summed E-state index contributed by atoms with van der Waals surface area (Å²) in [7, 11) is 0. The number of pyridine rings is 1. The Bertz CT molecular complexity index is 630. The molecule has 0 unspecified atom stereocenters. The van der Waals surface area contributed by atoms with E-state index in [9.17, 15) is 14.9 Å². The molecule has 10 heteroatoms. The minimum atomic E-state index is -0.642. The Morgan fingerprint density at radius 2 is 2.30 bits per heavy atom. The SMILES string of the molecule is O=C(CCn1cncn1)Nc1nc(Cl)ccc1[N+](=O)[O-]. The highest BCUT2D eigenvalue weighted by molar-refractivity contribution is 6.29. The zero-order valence-corrected chi connectivity index (χ0v) is 10.8. The fourth-order valence-electron chi connectivity index (χ4n) is 1.43. The Morgan fingerprint density at radius 3 is 2.95 bits per heavy atom. The maximum Gasteiger partial charge on any atom is 0.311 e. The third kappa shape index (κ3) is 3.48. The summed E-state index contributed by atoms with van der Waals surface area (Å²) >= 11 is 5.66. The second-order valence-corrected chi connectivity index (χ2v) is 4.10. The van der Waals surface area contributed by atoms with Crippen molar-refractivity contribution in [3.05, 3.63) is 40.1 Å². The van der Waals surface area contributed by atoms with Crippen molar-refractivity contribution in [3.63, 3.8) is 0 Å². The van der Waals surface area contributed by atoms with E-state index in [1.165, 1.54) is 29.5 Å². The fraction of sp³-hybridized carbons (Fsp3) is 0.200. The molecule has 0 aliphatic heterocycles. The average molecular weight is 297 g/mol. The van der Waals surface area contributed by atoms with Crippen molar-refractivity contribution in [1.82, 2.24) is 19.7 Å². The van der Waals surface area contributed by atoms with Crippen LogP contribution in [0.3, 0.4) is 0 Å². The molecule has 0 bridgehead atoms. The molecule has 0 spiro atoms. The minimum absolute atomic E-state index is 0.0576. The minimum Gasteiger partial charge on any atom is -0.305 e. The first kappa shape index (κ1) is 13.9. The van der Waals surface area contributed by atoms with E-state index in [0.29, 0.717) is 6.54 Å². The van der Waals surface area contributed by atoms with Crippen LogP contribution < -0.4 is 5.32 Å². The highest BCUT2D eigenvalue weighted by Gasteiger charge is 2.17. The van der Waals surface area contributed by atoms with Crippen molar-refractivity contribution in [1.29, 1.82) is 0 Å². The summed E-state index contributed by atoms with van der Waals surface area (Å²) in [6.07, 6.45) is 2.89. The Kier molecular flexibility index (Phi) is 4.20. The number of amides is 1. The quantitative estimate of drug-likeness (QED) is 0.504. The molecule has 0 aliphatic rings. The second kappa shape index (κ2) is 6.06. The standard InChI is InChI=1S/C10H9ClN6O3/c11-8-2-1-7(17(19)20)10(14-8)15-9(18)3-4-16-6-12-5-13-16/h1-2,5-6H,3-4H2,(H,14,15,18). The summed E-state index contributed by atoms with van der Waals surface area (Å²) in [5.74, 6) is -0.607. The molecule has 20 heavy (non-hydrogen) atoms. The van der Waals surface area contributed by atoms with E-state index >= 15 is 0 Å². The van der Waals surface area contributed by atoms with Crippen molar-refractivity contribution < 1.29 is 9.72 Å². The van der Waals surface area contributed by atoms with Crippen LogP contribution in [-0.2, 0) is 11.3 Å². The molecule has 2 aromatic heterocycles. The Balaban J connectivity index is 2.03. The van der Waals surface area contributed by atoms with E-state index in [1.54, 1.807) is 0 Å². The van der Waals surface area contributed by atoms with Gasteiger partial charge in [-0.15, -0.1) is 0 Å². The zero-order valence-electron chi connectivity index (χ0n) is 10.1. The van der Waals surface area contributed by atoms with Crippen molar-refractivity contribution in [2.45, 2.75) is 13.0 Å². The molecule has 0 saturated heterocycles. The first-order valence-corrected chi connectivity index (χ1v) is 5.87. The molecule has 0 fully saturated rings. The summed E-state index contributed by atoms with van der Waals surface area (Å²) in [6, 6.07) is 2.47. The second-order valence-electron chi connectivity index (χ2n) is 3.72. The van der Waals surface area contributed by atoms with Gasteiger partial charge in [0.2, 0.25) is 11.7 Å². The largest absolute Gasteiger partial charge is 0.311 e. The van der Waals surface area contributed by atoms with E-state index in [2.05, 4.69) is 20.4 Å². The number of carbonyl (C=O) groups excluding carboxylic acids is 1. The average Bonchev–Trinajstić information content (AvgIpc) is 2.89. The first-order chi connectivity index (χ1) is 9.56. The maximum absolute atomic E-state index is 11.7. The molecule has 2 heterocycles. The number of halogens is 1. The van der Waals surface area contributed by atoms with Gasteiger partial charge >= 0.3 is 5.69 Å². The van der Waals surface area contributed by atoms with Crippen LogP contribution >= 0.6 is 11.6 Å². The first-order valence-electron chi connectivity index (χ1n) is 5.49. The number of nitrogens with one attached hydrogen (secondary N) is 1. The number of anilines is 1. The van der Waals surface area contributed by atoms with Gasteiger partial charge in [-0.2, -0.15) is 5.10 Å². The third-order valence-corrected chi connectivity index (χ3v) is 2.54. The molecule has 0 radical (unpaired) electrons. The normalized spacial score (nSPS) is 10.2. The fourth-order valence-corrected chi connectivity index (χ4v) is 1.57. The number of rotatable bonds is 5. The van der Waals surface area contributed by atoms with Crippen LogP contribution in [0, 0.1) is 10.1 Å². The Hall–Kier alpha value is -2.55. The molecule has 0 atom stereocenters. The summed E-state index contributed by atoms with van der Waals surface area (Å²) < 4.78 is 1.47. The smallest absolute Gasteiger partial charge is 0.305 e. The van der Waals surface area contributed by atoms with Gasteiger partial charge in [0.1, 0.15) is 17.8 Å². The highest BCUT2D eigenvalue weighted by atomic mass is 35.5. The zero-order chi connectivity index (χ0) is 14.5. The molecular formula is C10H9ClN6O3. The van der Waals surface area contributed by atoms with Gasteiger partial charge in [-0.1, -0.05) is 11.6 Å². The van der Waals surface area contributed by atoms with Crippen LogP contribution in [0.2, 0.25) is 5.15 Å². The van der Waals surface area contributed by atoms with Crippen molar-refractivity contribution in [2.75, 3.05) is 5.32 Å². The number of hydrogen-bond acceptors (Lipinski definition) is 6. The molecule has 2 aromatic rings. The summed E-state index contributed by atoms with van der Waals surface area (Å²) in [4.78, 5) is 29.4. The van der Waals surface area contributed by atoms with Gasteiger partial charge in [0, 0.05) is 12.5 Å². The molecule has 104 valence electrons. The van der Waals surface area contributed by atoms with E-state index in [4.69, 9.17) is 11.6 Å². The van der Waals surface area contributed by atoms with Gasteiger partial charge in [0.15, 0.2) is 0 Å². The van der Waals surface area contributed by atoms with Gasteiger partial charge in [-0.05, 0) is 6.07 Å². The van der Waals surface area contributed by atoms with Gasteiger partial charge in [0.05, 0.1) is 11.5 Å². The van der Waals surface area contributed by atoms with Crippen LogP contribution in [0.1, 0.15) is 6.42 Å². The number of nitrogens with zero attached hydrogens (tertiary/aromatic N) is 5. The van der Waals surface area contributed by atoms with Crippen molar-refractivity contribution in [2.24, 2.45) is 0 Å². The number of aryl methyl sites for hydroxylation is 1. The van der Waals surface area contributed by atoms with E-state index in [-0.39, 0.29) is 23.1 Å². The number of aromatic nitrogens is 4. The van der Waals surface area contributed by atoms with Gasteiger partial charge in [0.25, 0.3) is 0 Å². The van der Waals surface area contributed by atoms with Crippen LogP contribution in [0.5, 0.6) is 0 Å². The molecule has 1 amide bonds.